The predicted octanol–water partition coefficient (Wildman–Crippen LogP) is 4.68. The van der Waals surface area contributed by atoms with Gasteiger partial charge in [0.1, 0.15) is 5.82 Å². The Labute approximate surface area is 128 Å². The maximum Gasteiger partial charge on any atom is 0.254 e. The van der Waals surface area contributed by atoms with Crippen LogP contribution < -0.4 is 5.32 Å². The van der Waals surface area contributed by atoms with Crippen molar-refractivity contribution < 1.29 is 9.18 Å². The first-order chi connectivity index (χ1) is 9.63. The minimum Gasteiger partial charge on any atom is -0.349 e. The molecule has 2 rings (SSSR count). The highest BCUT2D eigenvalue weighted by Crippen LogP contribution is 2.28. The van der Waals surface area contributed by atoms with Gasteiger partial charge >= 0.3 is 0 Å². The Morgan fingerprint density at radius 2 is 2.10 bits per heavy atom. The second kappa shape index (κ2) is 7.21. The average Bonchev–Trinajstić information content (AvgIpc) is 2.48. The van der Waals surface area contributed by atoms with Crippen LogP contribution in [0, 0.1) is 11.7 Å². The highest BCUT2D eigenvalue weighted by Gasteiger charge is 2.25. The van der Waals surface area contributed by atoms with Crippen molar-refractivity contribution >= 4 is 21.8 Å². The zero-order valence-electron chi connectivity index (χ0n) is 11.8. The molecule has 1 aliphatic carbocycles. The number of carbonyl (C=O) groups excluding carboxylic acids is 1. The number of halogens is 2. The van der Waals surface area contributed by atoms with Crippen LogP contribution >= 0.6 is 15.9 Å². The van der Waals surface area contributed by atoms with Crippen LogP contribution in [-0.2, 0) is 0 Å². The summed E-state index contributed by atoms with van der Waals surface area (Å²) in [7, 11) is 0. The van der Waals surface area contributed by atoms with Crippen LogP contribution in [0.25, 0.3) is 0 Å². The van der Waals surface area contributed by atoms with Crippen molar-refractivity contribution in [1.29, 1.82) is 0 Å². The minimum atomic E-state index is -0.483. The molecule has 0 saturated heterocycles. The Bertz CT molecular complexity index is 472. The summed E-state index contributed by atoms with van der Waals surface area (Å²) >= 11 is 3.12. The third-order valence-electron chi connectivity index (χ3n) is 4.17. The van der Waals surface area contributed by atoms with E-state index in [2.05, 4.69) is 28.2 Å². The van der Waals surface area contributed by atoms with Gasteiger partial charge in [-0.1, -0.05) is 32.3 Å². The Balaban J connectivity index is 2.06. The molecule has 110 valence electrons. The molecule has 0 bridgehead atoms. The first-order valence-electron chi connectivity index (χ1n) is 7.38. The number of carbonyl (C=O) groups is 1. The van der Waals surface area contributed by atoms with Gasteiger partial charge in [-0.25, -0.2) is 4.39 Å². The van der Waals surface area contributed by atoms with E-state index in [-0.39, 0.29) is 17.5 Å². The molecule has 1 aromatic carbocycles. The van der Waals surface area contributed by atoms with E-state index in [1.807, 2.05) is 0 Å². The largest absolute Gasteiger partial charge is 0.349 e. The number of hydrogen-bond donors (Lipinski definition) is 1. The molecule has 1 N–H and O–H groups in total. The molecule has 1 aliphatic rings. The Morgan fingerprint density at radius 1 is 1.40 bits per heavy atom. The molecule has 4 heteroatoms. The van der Waals surface area contributed by atoms with E-state index >= 15 is 0 Å². The number of hydrogen-bond acceptors (Lipinski definition) is 1. The van der Waals surface area contributed by atoms with Crippen molar-refractivity contribution in [2.45, 2.75) is 51.5 Å². The zero-order chi connectivity index (χ0) is 14.5. The fourth-order valence-electron chi connectivity index (χ4n) is 3.02. The highest BCUT2D eigenvalue weighted by atomic mass is 79.9. The standard InChI is InChI=1S/C16H21BrFNO/c1-2-14(11-7-4-3-5-8-11)19-16(20)12-9-6-10-13(17)15(12)18/h6,9-11,14H,2-5,7-8H2,1H3,(H,19,20). The molecule has 0 spiro atoms. The maximum atomic E-state index is 13.9. The lowest BCUT2D eigenvalue weighted by atomic mass is 9.83. The molecule has 0 aliphatic heterocycles. The molecular formula is C16H21BrFNO. The second-order valence-electron chi connectivity index (χ2n) is 5.49. The third kappa shape index (κ3) is 3.60. The van der Waals surface area contributed by atoms with Crippen LogP contribution in [0.1, 0.15) is 55.8 Å². The van der Waals surface area contributed by atoms with Crippen molar-refractivity contribution in [3.63, 3.8) is 0 Å². The number of benzene rings is 1. The number of rotatable bonds is 4. The van der Waals surface area contributed by atoms with Crippen molar-refractivity contribution in [3.05, 3.63) is 34.1 Å². The summed E-state index contributed by atoms with van der Waals surface area (Å²) in [6, 6.07) is 4.97. The van der Waals surface area contributed by atoms with Crippen LogP contribution in [0.2, 0.25) is 0 Å². The van der Waals surface area contributed by atoms with Crippen molar-refractivity contribution in [3.8, 4) is 0 Å². The quantitative estimate of drug-likeness (QED) is 0.846. The lowest BCUT2D eigenvalue weighted by Crippen LogP contribution is -2.41. The molecule has 1 amide bonds. The molecule has 1 aromatic rings. The first-order valence-corrected chi connectivity index (χ1v) is 8.17. The third-order valence-corrected chi connectivity index (χ3v) is 4.78. The molecule has 1 fully saturated rings. The molecule has 2 nitrogen and oxygen atoms in total. The van der Waals surface area contributed by atoms with Crippen molar-refractivity contribution in [2.75, 3.05) is 0 Å². The van der Waals surface area contributed by atoms with Gasteiger partial charge in [0.25, 0.3) is 5.91 Å². The van der Waals surface area contributed by atoms with Crippen molar-refractivity contribution in [2.24, 2.45) is 5.92 Å². The van der Waals surface area contributed by atoms with Gasteiger partial charge in [-0.05, 0) is 53.2 Å². The Kier molecular flexibility index (Phi) is 5.58. The fraction of sp³-hybridized carbons (Fsp3) is 0.562. The van der Waals surface area contributed by atoms with Crippen LogP contribution in [-0.4, -0.2) is 11.9 Å². The normalized spacial score (nSPS) is 17.8. The fourth-order valence-corrected chi connectivity index (χ4v) is 3.38. The summed E-state index contributed by atoms with van der Waals surface area (Å²) in [5.41, 5.74) is 0.119. The van der Waals surface area contributed by atoms with E-state index in [9.17, 15) is 9.18 Å². The van der Waals surface area contributed by atoms with Gasteiger partial charge in [-0.15, -0.1) is 0 Å². The molecule has 0 aromatic heterocycles. The van der Waals surface area contributed by atoms with Gasteiger partial charge in [0.2, 0.25) is 0 Å². The van der Waals surface area contributed by atoms with Gasteiger partial charge in [-0.3, -0.25) is 4.79 Å². The predicted molar refractivity (Wildman–Crippen MR) is 82.2 cm³/mol. The molecular weight excluding hydrogens is 321 g/mol. The SMILES string of the molecule is CCC(NC(=O)c1cccc(Br)c1F)C1CCCCC1. The summed E-state index contributed by atoms with van der Waals surface area (Å²) in [5.74, 6) is -0.252. The summed E-state index contributed by atoms with van der Waals surface area (Å²) in [4.78, 5) is 12.3. The summed E-state index contributed by atoms with van der Waals surface area (Å²) in [6.45, 7) is 2.08. The van der Waals surface area contributed by atoms with E-state index in [1.54, 1.807) is 12.1 Å². The van der Waals surface area contributed by atoms with E-state index in [0.717, 1.165) is 6.42 Å². The summed E-state index contributed by atoms with van der Waals surface area (Å²) < 4.78 is 14.3. The molecule has 1 atom stereocenters. The van der Waals surface area contributed by atoms with Crippen LogP contribution in [0.3, 0.4) is 0 Å². The van der Waals surface area contributed by atoms with E-state index in [0.29, 0.717) is 10.4 Å². The monoisotopic (exact) mass is 341 g/mol. The van der Waals surface area contributed by atoms with Gasteiger partial charge in [0, 0.05) is 6.04 Å². The smallest absolute Gasteiger partial charge is 0.254 e. The topological polar surface area (TPSA) is 29.1 Å². The first kappa shape index (κ1) is 15.5. The van der Waals surface area contributed by atoms with E-state index < -0.39 is 5.82 Å². The van der Waals surface area contributed by atoms with Crippen LogP contribution in [0.15, 0.2) is 22.7 Å². The zero-order valence-corrected chi connectivity index (χ0v) is 13.4. The molecule has 1 saturated carbocycles. The highest BCUT2D eigenvalue weighted by molar-refractivity contribution is 9.10. The molecule has 20 heavy (non-hydrogen) atoms. The minimum absolute atomic E-state index is 0.119. The maximum absolute atomic E-state index is 13.9. The second-order valence-corrected chi connectivity index (χ2v) is 6.34. The van der Waals surface area contributed by atoms with Gasteiger partial charge in [0.05, 0.1) is 10.0 Å². The van der Waals surface area contributed by atoms with E-state index in [4.69, 9.17) is 0 Å². The Hall–Kier alpha value is -0.900. The average molecular weight is 342 g/mol. The summed E-state index contributed by atoms with van der Waals surface area (Å²) in [6.07, 6.45) is 7.00. The molecule has 0 heterocycles. The van der Waals surface area contributed by atoms with Gasteiger partial charge in [0.15, 0.2) is 0 Å². The van der Waals surface area contributed by atoms with Crippen molar-refractivity contribution in [1.82, 2.24) is 5.32 Å². The number of nitrogens with one attached hydrogen (secondary N) is 1. The lowest BCUT2D eigenvalue weighted by Gasteiger charge is -2.30. The molecule has 0 radical (unpaired) electrons. The van der Waals surface area contributed by atoms with Gasteiger partial charge < -0.3 is 5.32 Å². The molecule has 1 unspecified atom stereocenters. The number of amides is 1. The lowest BCUT2D eigenvalue weighted by molar-refractivity contribution is 0.0907. The summed E-state index contributed by atoms with van der Waals surface area (Å²) in [5, 5.41) is 3.02. The van der Waals surface area contributed by atoms with Crippen LogP contribution in [0.4, 0.5) is 4.39 Å². The van der Waals surface area contributed by atoms with Crippen LogP contribution in [0.5, 0.6) is 0 Å². The van der Waals surface area contributed by atoms with E-state index in [1.165, 1.54) is 38.2 Å². The van der Waals surface area contributed by atoms with Gasteiger partial charge in [-0.2, -0.15) is 0 Å². The Morgan fingerprint density at radius 3 is 2.75 bits per heavy atom.